The van der Waals surface area contributed by atoms with Crippen molar-refractivity contribution >= 4 is 11.5 Å². The summed E-state index contributed by atoms with van der Waals surface area (Å²) >= 11 is 0. The summed E-state index contributed by atoms with van der Waals surface area (Å²) in [5, 5.41) is 10.4. The van der Waals surface area contributed by atoms with E-state index in [9.17, 15) is 14.9 Å². The standard InChI is InChI=1S/C11H12N2O3/c1-12(2)8-7-11(14)9-3-5-10(6-4-9)13(15)16/h3-8H,1-2H3/b8-7+. The Morgan fingerprint density at radius 2 is 1.88 bits per heavy atom. The van der Waals surface area contributed by atoms with E-state index in [0.717, 1.165) is 0 Å². The molecule has 5 heteroatoms. The van der Waals surface area contributed by atoms with Gasteiger partial charge in [0.2, 0.25) is 0 Å². The van der Waals surface area contributed by atoms with Crippen LogP contribution in [0.5, 0.6) is 0 Å². The Bertz CT molecular complexity index is 421. The number of hydrogen-bond donors (Lipinski definition) is 0. The highest BCUT2D eigenvalue weighted by atomic mass is 16.6. The molecule has 1 rings (SSSR count). The van der Waals surface area contributed by atoms with E-state index >= 15 is 0 Å². The van der Waals surface area contributed by atoms with Crippen LogP contribution in [0.2, 0.25) is 0 Å². The summed E-state index contributed by atoms with van der Waals surface area (Å²) < 4.78 is 0. The maximum Gasteiger partial charge on any atom is 0.269 e. The fourth-order valence-electron chi connectivity index (χ4n) is 1.06. The molecule has 5 nitrogen and oxygen atoms in total. The van der Waals surface area contributed by atoms with E-state index in [1.165, 1.54) is 30.3 Å². The minimum absolute atomic E-state index is 0.0202. The first-order valence-corrected chi connectivity index (χ1v) is 4.64. The van der Waals surface area contributed by atoms with Crippen molar-refractivity contribution in [3.63, 3.8) is 0 Å². The second kappa shape index (κ2) is 5.06. The number of nitro groups is 1. The highest BCUT2D eigenvalue weighted by Gasteiger charge is 2.06. The van der Waals surface area contributed by atoms with E-state index in [0.29, 0.717) is 5.56 Å². The number of nitro benzene ring substituents is 1. The molecule has 84 valence electrons. The number of carbonyl (C=O) groups is 1. The van der Waals surface area contributed by atoms with Gasteiger partial charge in [0.25, 0.3) is 5.69 Å². The summed E-state index contributed by atoms with van der Waals surface area (Å²) in [4.78, 5) is 23.2. The molecule has 0 unspecified atom stereocenters. The molecule has 0 atom stereocenters. The summed E-state index contributed by atoms with van der Waals surface area (Å²) in [6.07, 6.45) is 3.05. The SMILES string of the molecule is CN(C)/C=C/C(=O)c1ccc([N+](=O)[O-])cc1. The highest BCUT2D eigenvalue weighted by molar-refractivity contribution is 6.04. The summed E-state index contributed by atoms with van der Waals surface area (Å²) in [5.41, 5.74) is 0.414. The van der Waals surface area contributed by atoms with Gasteiger partial charge in [-0.15, -0.1) is 0 Å². The highest BCUT2D eigenvalue weighted by Crippen LogP contribution is 2.12. The molecule has 0 radical (unpaired) electrons. The van der Waals surface area contributed by atoms with Gasteiger partial charge in [0.1, 0.15) is 0 Å². The van der Waals surface area contributed by atoms with Gasteiger partial charge in [-0.2, -0.15) is 0 Å². The lowest BCUT2D eigenvalue weighted by Crippen LogP contribution is -2.03. The molecule has 1 aromatic carbocycles. The molecule has 0 aliphatic carbocycles. The molecular weight excluding hydrogens is 208 g/mol. The van der Waals surface area contributed by atoms with Crippen LogP contribution in [0.25, 0.3) is 0 Å². The number of benzene rings is 1. The molecule has 0 aliphatic heterocycles. The number of ketones is 1. The molecule has 0 saturated heterocycles. The molecule has 16 heavy (non-hydrogen) atoms. The van der Waals surface area contributed by atoms with Crippen molar-refractivity contribution in [2.45, 2.75) is 0 Å². The van der Waals surface area contributed by atoms with Crippen molar-refractivity contribution in [2.75, 3.05) is 14.1 Å². The van der Waals surface area contributed by atoms with Gasteiger partial charge < -0.3 is 4.90 Å². The van der Waals surface area contributed by atoms with Crippen LogP contribution in [0, 0.1) is 10.1 Å². The second-order valence-electron chi connectivity index (χ2n) is 3.45. The number of rotatable bonds is 4. The van der Waals surface area contributed by atoms with Crippen LogP contribution in [0.3, 0.4) is 0 Å². The largest absolute Gasteiger partial charge is 0.383 e. The van der Waals surface area contributed by atoms with Crippen molar-refractivity contribution in [3.8, 4) is 0 Å². The minimum Gasteiger partial charge on any atom is -0.383 e. The second-order valence-corrected chi connectivity index (χ2v) is 3.45. The van der Waals surface area contributed by atoms with Crippen LogP contribution in [0.1, 0.15) is 10.4 Å². The van der Waals surface area contributed by atoms with Crippen molar-refractivity contribution < 1.29 is 9.72 Å². The van der Waals surface area contributed by atoms with Crippen molar-refractivity contribution in [2.24, 2.45) is 0 Å². The zero-order valence-corrected chi connectivity index (χ0v) is 9.08. The van der Waals surface area contributed by atoms with Crippen molar-refractivity contribution in [1.82, 2.24) is 4.90 Å². The average molecular weight is 220 g/mol. The fourth-order valence-corrected chi connectivity index (χ4v) is 1.06. The quantitative estimate of drug-likeness (QED) is 0.336. The first-order chi connectivity index (χ1) is 7.50. The zero-order chi connectivity index (χ0) is 12.1. The zero-order valence-electron chi connectivity index (χ0n) is 9.08. The van der Waals surface area contributed by atoms with Crippen LogP contribution in [-0.2, 0) is 0 Å². The van der Waals surface area contributed by atoms with E-state index in [1.807, 2.05) is 0 Å². The monoisotopic (exact) mass is 220 g/mol. The lowest BCUT2D eigenvalue weighted by atomic mass is 10.1. The minimum atomic E-state index is -0.496. The number of hydrogen-bond acceptors (Lipinski definition) is 4. The molecule has 0 amide bonds. The van der Waals surface area contributed by atoms with Gasteiger partial charge >= 0.3 is 0 Å². The average Bonchev–Trinajstić information content (AvgIpc) is 2.26. The van der Waals surface area contributed by atoms with E-state index in [1.54, 1.807) is 25.2 Å². The molecule has 0 aliphatic rings. The molecular formula is C11H12N2O3. The smallest absolute Gasteiger partial charge is 0.269 e. The molecule has 0 spiro atoms. The third-order valence-corrected chi connectivity index (χ3v) is 1.89. The number of allylic oxidation sites excluding steroid dienone is 1. The maximum absolute atomic E-state index is 11.5. The predicted octanol–water partition coefficient (Wildman–Crippen LogP) is 1.85. The Kier molecular flexibility index (Phi) is 3.77. The van der Waals surface area contributed by atoms with Gasteiger partial charge in [0.15, 0.2) is 5.78 Å². The Hall–Kier alpha value is -2.17. The van der Waals surface area contributed by atoms with Gasteiger partial charge in [-0.25, -0.2) is 0 Å². The van der Waals surface area contributed by atoms with E-state index in [-0.39, 0.29) is 11.5 Å². The normalized spacial score (nSPS) is 10.4. The van der Waals surface area contributed by atoms with E-state index in [4.69, 9.17) is 0 Å². The summed E-state index contributed by atoms with van der Waals surface area (Å²) in [7, 11) is 3.61. The van der Waals surface area contributed by atoms with Crippen LogP contribution in [0.15, 0.2) is 36.5 Å². The molecule has 0 bridgehead atoms. The molecule has 0 fully saturated rings. The summed E-state index contributed by atoms with van der Waals surface area (Å²) in [6.45, 7) is 0. The van der Waals surface area contributed by atoms with Gasteiger partial charge in [0, 0.05) is 44.1 Å². The molecule has 1 aromatic rings. The first kappa shape index (κ1) is 11.9. The van der Waals surface area contributed by atoms with E-state index in [2.05, 4.69) is 0 Å². The third-order valence-electron chi connectivity index (χ3n) is 1.89. The number of nitrogens with zero attached hydrogens (tertiary/aromatic N) is 2. The number of carbonyl (C=O) groups excluding carboxylic acids is 1. The lowest BCUT2D eigenvalue weighted by molar-refractivity contribution is -0.384. The topological polar surface area (TPSA) is 63.5 Å². The Morgan fingerprint density at radius 1 is 1.31 bits per heavy atom. The van der Waals surface area contributed by atoms with Crippen molar-refractivity contribution in [3.05, 3.63) is 52.2 Å². The van der Waals surface area contributed by atoms with Crippen molar-refractivity contribution in [1.29, 1.82) is 0 Å². The maximum atomic E-state index is 11.5. The van der Waals surface area contributed by atoms with Gasteiger partial charge in [-0.1, -0.05) is 0 Å². The Labute approximate surface area is 93.1 Å². The van der Waals surface area contributed by atoms with Gasteiger partial charge in [-0.05, 0) is 12.1 Å². The lowest BCUT2D eigenvalue weighted by Gasteiger charge is -2.02. The van der Waals surface area contributed by atoms with Crippen LogP contribution in [0.4, 0.5) is 5.69 Å². The first-order valence-electron chi connectivity index (χ1n) is 4.64. The van der Waals surface area contributed by atoms with Crippen LogP contribution in [-0.4, -0.2) is 29.7 Å². The predicted molar refractivity (Wildman–Crippen MR) is 60.3 cm³/mol. The summed E-state index contributed by atoms with van der Waals surface area (Å²) in [6, 6.07) is 5.52. The molecule has 0 saturated carbocycles. The van der Waals surface area contributed by atoms with Crippen LogP contribution >= 0.6 is 0 Å². The fraction of sp³-hybridized carbons (Fsp3) is 0.182. The Morgan fingerprint density at radius 3 is 2.31 bits per heavy atom. The summed E-state index contributed by atoms with van der Waals surface area (Å²) in [5.74, 6) is -0.177. The van der Waals surface area contributed by atoms with Gasteiger partial charge in [0.05, 0.1) is 4.92 Å². The Balaban J connectivity index is 2.82. The van der Waals surface area contributed by atoms with Gasteiger partial charge in [-0.3, -0.25) is 14.9 Å². The number of non-ortho nitro benzene ring substituents is 1. The third kappa shape index (κ3) is 3.20. The van der Waals surface area contributed by atoms with Crippen LogP contribution < -0.4 is 0 Å². The molecule has 0 aromatic heterocycles. The molecule has 0 heterocycles. The molecule has 0 N–H and O–H groups in total. The van der Waals surface area contributed by atoms with E-state index < -0.39 is 4.92 Å².